The van der Waals surface area contributed by atoms with Crippen LogP contribution in [0.15, 0.2) is 18.2 Å². The zero-order valence-electron chi connectivity index (χ0n) is 13.2. The van der Waals surface area contributed by atoms with Crippen molar-refractivity contribution in [3.63, 3.8) is 0 Å². The molecule has 0 aliphatic carbocycles. The monoisotopic (exact) mass is 341 g/mol. The predicted molar refractivity (Wildman–Crippen MR) is 82.9 cm³/mol. The second-order valence-electron chi connectivity index (χ2n) is 5.62. The molecule has 0 bridgehead atoms. The summed E-state index contributed by atoms with van der Waals surface area (Å²) in [6.07, 6.45) is 0.356. The lowest BCUT2D eigenvalue weighted by Gasteiger charge is -2.34. The van der Waals surface area contributed by atoms with Gasteiger partial charge in [-0.15, -0.1) is 0 Å². The van der Waals surface area contributed by atoms with Crippen molar-refractivity contribution in [2.24, 2.45) is 0 Å². The number of benzene rings is 1. The fourth-order valence-electron chi connectivity index (χ4n) is 2.62. The minimum atomic E-state index is -0.938. The Morgan fingerprint density at radius 1 is 1.42 bits per heavy atom. The maximum atomic E-state index is 13.8. The first-order valence-electron chi connectivity index (χ1n) is 7.85. The zero-order chi connectivity index (χ0) is 17.5. The standard InChI is InChI=1S/C16H21F2N3O3/c17-12-4-1-3-11(15(12)18)10-21-7-6-20-16(24)13(21)9-14(23)19-5-2-8-22/h1,3-4,13,22H,2,5-10H2,(H,19,23)(H,20,24)/t13-/m0/s1. The molecule has 3 N–H and O–H groups in total. The molecule has 0 aromatic heterocycles. The Labute approximate surface area is 138 Å². The summed E-state index contributed by atoms with van der Waals surface area (Å²) in [6, 6.07) is 3.17. The third-order valence-electron chi connectivity index (χ3n) is 3.88. The van der Waals surface area contributed by atoms with Crippen LogP contribution in [-0.4, -0.2) is 54.1 Å². The molecular weight excluding hydrogens is 320 g/mol. The molecule has 1 aromatic carbocycles. The van der Waals surface area contributed by atoms with Crippen molar-refractivity contribution in [1.82, 2.24) is 15.5 Å². The number of amides is 2. The molecule has 1 aliphatic rings. The van der Waals surface area contributed by atoms with E-state index in [1.807, 2.05) is 0 Å². The third-order valence-corrected chi connectivity index (χ3v) is 3.88. The zero-order valence-corrected chi connectivity index (χ0v) is 13.2. The minimum Gasteiger partial charge on any atom is -0.396 e. The summed E-state index contributed by atoms with van der Waals surface area (Å²) in [6.45, 7) is 1.16. The van der Waals surface area contributed by atoms with E-state index in [1.165, 1.54) is 12.1 Å². The minimum absolute atomic E-state index is 0.0326. The van der Waals surface area contributed by atoms with E-state index < -0.39 is 17.7 Å². The number of carbonyl (C=O) groups excluding carboxylic acids is 2. The maximum absolute atomic E-state index is 13.8. The summed E-state index contributed by atoms with van der Waals surface area (Å²) in [4.78, 5) is 25.7. The molecule has 0 spiro atoms. The normalized spacial score (nSPS) is 18.3. The Morgan fingerprint density at radius 2 is 2.21 bits per heavy atom. The largest absolute Gasteiger partial charge is 0.396 e. The molecule has 1 fully saturated rings. The van der Waals surface area contributed by atoms with Gasteiger partial charge in [-0.3, -0.25) is 14.5 Å². The average Bonchev–Trinajstić information content (AvgIpc) is 2.55. The third kappa shape index (κ3) is 4.72. The number of hydrogen-bond acceptors (Lipinski definition) is 4. The van der Waals surface area contributed by atoms with Crippen molar-refractivity contribution in [2.45, 2.75) is 25.4 Å². The number of nitrogens with one attached hydrogen (secondary N) is 2. The van der Waals surface area contributed by atoms with Gasteiger partial charge in [0.15, 0.2) is 11.6 Å². The first kappa shape index (κ1) is 18.3. The lowest BCUT2D eigenvalue weighted by Crippen LogP contribution is -2.56. The molecule has 1 aromatic rings. The molecule has 1 atom stereocenters. The highest BCUT2D eigenvalue weighted by molar-refractivity contribution is 5.88. The molecule has 1 saturated heterocycles. The van der Waals surface area contributed by atoms with Gasteiger partial charge in [-0.05, 0) is 12.5 Å². The van der Waals surface area contributed by atoms with Gasteiger partial charge < -0.3 is 15.7 Å². The van der Waals surface area contributed by atoms with Gasteiger partial charge in [-0.25, -0.2) is 8.78 Å². The summed E-state index contributed by atoms with van der Waals surface area (Å²) in [7, 11) is 0. The van der Waals surface area contributed by atoms with Crippen LogP contribution in [0.2, 0.25) is 0 Å². The van der Waals surface area contributed by atoms with Crippen LogP contribution in [0.4, 0.5) is 8.78 Å². The summed E-state index contributed by atoms with van der Waals surface area (Å²) < 4.78 is 27.2. The van der Waals surface area contributed by atoms with Gasteiger partial charge in [0.1, 0.15) is 0 Å². The van der Waals surface area contributed by atoms with Gasteiger partial charge in [0.2, 0.25) is 11.8 Å². The smallest absolute Gasteiger partial charge is 0.237 e. The van der Waals surface area contributed by atoms with Gasteiger partial charge in [0.05, 0.1) is 12.5 Å². The van der Waals surface area contributed by atoms with E-state index in [9.17, 15) is 18.4 Å². The topological polar surface area (TPSA) is 81.7 Å². The fourth-order valence-corrected chi connectivity index (χ4v) is 2.62. The van der Waals surface area contributed by atoms with Gasteiger partial charge >= 0.3 is 0 Å². The molecule has 2 amide bonds. The van der Waals surface area contributed by atoms with Crippen molar-refractivity contribution in [1.29, 1.82) is 0 Å². The summed E-state index contributed by atoms with van der Waals surface area (Å²) in [5.41, 5.74) is 0.149. The first-order chi connectivity index (χ1) is 11.5. The van der Waals surface area contributed by atoms with Crippen molar-refractivity contribution in [3.8, 4) is 0 Å². The van der Waals surface area contributed by atoms with E-state index >= 15 is 0 Å². The van der Waals surface area contributed by atoms with Crippen molar-refractivity contribution >= 4 is 11.8 Å². The van der Waals surface area contributed by atoms with Gasteiger partial charge in [0.25, 0.3) is 0 Å². The van der Waals surface area contributed by atoms with Gasteiger partial charge in [0, 0.05) is 38.3 Å². The summed E-state index contributed by atoms with van der Waals surface area (Å²) >= 11 is 0. The Kier molecular flexibility index (Phi) is 6.62. The molecule has 0 radical (unpaired) electrons. The van der Waals surface area contributed by atoms with E-state index in [4.69, 9.17) is 5.11 Å². The first-order valence-corrected chi connectivity index (χ1v) is 7.85. The Morgan fingerprint density at radius 3 is 2.96 bits per heavy atom. The number of aliphatic hydroxyl groups is 1. The number of aliphatic hydroxyl groups excluding tert-OH is 1. The van der Waals surface area contributed by atoms with Gasteiger partial charge in [-0.2, -0.15) is 0 Å². The lowest BCUT2D eigenvalue weighted by atomic mass is 10.1. The van der Waals surface area contributed by atoms with Crippen LogP contribution in [0.1, 0.15) is 18.4 Å². The molecule has 0 unspecified atom stereocenters. The SMILES string of the molecule is O=C(C[C@H]1C(=O)NCCN1Cc1cccc(F)c1F)NCCCO. The quantitative estimate of drug-likeness (QED) is 0.617. The van der Waals surface area contributed by atoms with Crippen LogP contribution in [-0.2, 0) is 16.1 Å². The predicted octanol–water partition coefficient (Wildman–Crippen LogP) is 0.154. The molecule has 132 valence electrons. The molecule has 6 nitrogen and oxygen atoms in total. The van der Waals surface area contributed by atoms with Crippen LogP contribution < -0.4 is 10.6 Å². The molecule has 0 saturated carbocycles. The number of carbonyl (C=O) groups is 2. The molecule has 24 heavy (non-hydrogen) atoms. The highest BCUT2D eigenvalue weighted by Gasteiger charge is 2.32. The molecular formula is C16H21F2N3O3. The fraction of sp³-hybridized carbons (Fsp3) is 0.500. The van der Waals surface area contributed by atoms with Crippen LogP contribution in [0.5, 0.6) is 0 Å². The van der Waals surface area contributed by atoms with Crippen molar-refractivity contribution < 1.29 is 23.5 Å². The lowest BCUT2D eigenvalue weighted by molar-refractivity contribution is -0.134. The summed E-state index contributed by atoms with van der Waals surface area (Å²) in [5.74, 6) is -2.51. The highest BCUT2D eigenvalue weighted by atomic mass is 19.2. The second kappa shape index (κ2) is 8.70. The Balaban J connectivity index is 2.04. The Bertz CT molecular complexity index is 598. The average molecular weight is 341 g/mol. The molecule has 2 rings (SSSR count). The number of piperazine rings is 1. The summed E-state index contributed by atoms with van der Waals surface area (Å²) in [5, 5.41) is 14.0. The van der Waals surface area contributed by atoms with Crippen LogP contribution >= 0.6 is 0 Å². The van der Waals surface area contributed by atoms with Crippen LogP contribution in [0.3, 0.4) is 0 Å². The number of rotatable bonds is 7. The van der Waals surface area contributed by atoms with E-state index in [2.05, 4.69) is 10.6 Å². The van der Waals surface area contributed by atoms with Crippen molar-refractivity contribution in [2.75, 3.05) is 26.2 Å². The molecule has 1 aliphatic heterocycles. The van der Waals surface area contributed by atoms with E-state index in [0.29, 0.717) is 26.1 Å². The van der Waals surface area contributed by atoms with E-state index in [0.717, 1.165) is 6.07 Å². The number of nitrogens with zero attached hydrogens (tertiary/aromatic N) is 1. The molecule has 1 heterocycles. The van der Waals surface area contributed by atoms with Crippen LogP contribution in [0, 0.1) is 11.6 Å². The number of hydrogen-bond donors (Lipinski definition) is 3. The van der Waals surface area contributed by atoms with Crippen molar-refractivity contribution in [3.05, 3.63) is 35.4 Å². The number of halogens is 2. The highest BCUT2D eigenvalue weighted by Crippen LogP contribution is 2.18. The van der Waals surface area contributed by atoms with E-state index in [1.54, 1.807) is 4.90 Å². The molecule has 8 heteroatoms. The second-order valence-corrected chi connectivity index (χ2v) is 5.62. The van der Waals surface area contributed by atoms with Crippen LogP contribution in [0.25, 0.3) is 0 Å². The van der Waals surface area contributed by atoms with E-state index in [-0.39, 0.29) is 37.0 Å². The Hall–Kier alpha value is -2.06. The maximum Gasteiger partial charge on any atom is 0.237 e. The van der Waals surface area contributed by atoms with Gasteiger partial charge in [-0.1, -0.05) is 12.1 Å².